The van der Waals surface area contributed by atoms with Crippen LogP contribution < -0.4 is 5.32 Å². The Hall–Kier alpha value is -1.69. The van der Waals surface area contributed by atoms with Crippen LogP contribution >= 0.6 is 0 Å². The summed E-state index contributed by atoms with van der Waals surface area (Å²) in [5.41, 5.74) is -0.196. The Morgan fingerprint density at radius 2 is 2.00 bits per heavy atom. The van der Waals surface area contributed by atoms with Gasteiger partial charge in [0.1, 0.15) is 17.3 Å². The van der Waals surface area contributed by atoms with Crippen molar-refractivity contribution in [3.63, 3.8) is 0 Å². The number of nitrogens with zero attached hydrogens (tertiary/aromatic N) is 1. The average molecular weight is 284 g/mol. The lowest BCUT2D eigenvalue weighted by Gasteiger charge is -2.22. The highest BCUT2D eigenvalue weighted by Crippen LogP contribution is 2.29. The smallest absolute Gasteiger partial charge is 0.254 e. The van der Waals surface area contributed by atoms with E-state index in [-0.39, 0.29) is 23.2 Å². The summed E-state index contributed by atoms with van der Waals surface area (Å²) in [6.07, 6.45) is 1.85. The van der Waals surface area contributed by atoms with Crippen LogP contribution in [-0.4, -0.2) is 44.2 Å². The Balaban J connectivity index is 2.22. The first-order chi connectivity index (χ1) is 9.58. The number of benzene rings is 1. The Labute approximate surface area is 116 Å². The average Bonchev–Trinajstić information content (AvgIpc) is 3.23. The van der Waals surface area contributed by atoms with E-state index in [2.05, 4.69) is 5.32 Å². The van der Waals surface area contributed by atoms with E-state index in [1.807, 2.05) is 0 Å². The first-order valence-corrected chi connectivity index (χ1v) is 6.55. The minimum Gasteiger partial charge on any atom is -0.383 e. The van der Waals surface area contributed by atoms with Crippen molar-refractivity contribution in [1.29, 1.82) is 0 Å². The van der Waals surface area contributed by atoms with Crippen molar-refractivity contribution in [2.45, 2.75) is 18.9 Å². The van der Waals surface area contributed by atoms with E-state index in [9.17, 15) is 13.6 Å². The van der Waals surface area contributed by atoms with E-state index >= 15 is 0 Å². The number of anilines is 1. The van der Waals surface area contributed by atoms with Crippen LogP contribution in [0.3, 0.4) is 0 Å². The standard InChI is InChI=1S/C14H18F2N2O2/c1-17-13-11(15)7-9(8-12(13)16)14(19)18(5-6-20-2)10-3-4-10/h7-8,10,17H,3-6H2,1-2H3. The molecule has 0 spiro atoms. The van der Waals surface area contributed by atoms with Gasteiger partial charge in [-0.05, 0) is 25.0 Å². The molecule has 1 N–H and O–H groups in total. The van der Waals surface area contributed by atoms with Crippen molar-refractivity contribution in [3.05, 3.63) is 29.3 Å². The molecule has 2 rings (SSSR count). The highest BCUT2D eigenvalue weighted by atomic mass is 19.1. The van der Waals surface area contributed by atoms with Crippen LogP contribution in [0.15, 0.2) is 12.1 Å². The van der Waals surface area contributed by atoms with Crippen LogP contribution in [0.2, 0.25) is 0 Å². The molecule has 4 nitrogen and oxygen atoms in total. The lowest BCUT2D eigenvalue weighted by Crippen LogP contribution is -2.36. The molecule has 1 aliphatic rings. The first kappa shape index (κ1) is 14.7. The molecule has 0 unspecified atom stereocenters. The number of hydrogen-bond acceptors (Lipinski definition) is 3. The molecule has 20 heavy (non-hydrogen) atoms. The molecule has 6 heteroatoms. The number of rotatable bonds is 6. The van der Waals surface area contributed by atoms with Gasteiger partial charge in [0, 0.05) is 32.3 Å². The molecule has 110 valence electrons. The topological polar surface area (TPSA) is 41.6 Å². The second-order valence-electron chi connectivity index (χ2n) is 4.79. The number of halogens is 2. The fraction of sp³-hybridized carbons (Fsp3) is 0.500. The Bertz CT molecular complexity index is 481. The second kappa shape index (κ2) is 6.17. The largest absolute Gasteiger partial charge is 0.383 e. The molecule has 0 aromatic heterocycles. The Kier molecular flexibility index (Phi) is 4.54. The second-order valence-corrected chi connectivity index (χ2v) is 4.79. The summed E-state index contributed by atoms with van der Waals surface area (Å²) in [5, 5.41) is 2.43. The highest BCUT2D eigenvalue weighted by molar-refractivity contribution is 5.95. The summed E-state index contributed by atoms with van der Waals surface area (Å²) < 4.78 is 32.4. The third-order valence-corrected chi connectivity index (χ3v) is 3.32. The van der Waals surface area contributed by atoms with Crippen LogP contribution in [0, 0.1) is 11.6 Å². The van der Waals surface area contributed by atoms with Crippen molar-refractivity contribution >= 4 is 11.6 Å². The van der Waals surface area contributed by atoms with Gasteiger partial charge in [0.25, 0.3) is 5.91 Å². The van der Waals surface area contributed by atoms with Gasteiger partial charge in [-0.15, -0.1) is 0 Å². The van der Waals surface area contributed by atoms with Crippen molar-refractivity contribution in [2.75, 3.05) is 32.6 Å². The maximum Gasteiger partial charge on any atom is 0.254 e. The summed E-state index contributed by atoms with van der Waals surface area (Å²) in [6, 6.07) is 2.30. The zero-order chi connectivity index (χ0) is 14.7. The lowest BCUT2D eigenvalue weighted by molar-refractivity contribution is 0.0679. The van der Waals surface area contributed by atoms with E-state index < -0.39 is 11.6 Å². The fourth-order valence-electron chi connectivity index (χ4n) is 2.13. The summed E-state index contributed by atoms with van der Waals surface area (Å²) >= 11 is 0. The minimum atomic E-state index is -0.765. The molecule has 0 radical (unpaired) electrons. The molecule has 0 heterocycles. The van der Waals surface area contributed by atoms with Gasteiger partial charge in [-0.1, -0.05) is 0 Å². The van der Waals surface area contributed by atoms with Gasteiger partial charge in [-0.25, -0.2) is 8.78 Å². The minimum absolute atomic E-state index is 0.0296. The van der Waals surface area contributed by atoms with E-state index in [0.29, 0.717) is 13.2 Å². The van der Waals surface area contributed by atoms with Gasteiger partial charge in [-0.2, -0.15) is 0 Å². The predicted octanol–water partition coefficient (Wildman–Crippen LogP) is 2.26. The van der Waals surface area contributed by atoms with E-state index in [0.717, 1.165) is 25.0 Å². The van der Waals surface area contributed by atoms with Crippen LogP contribution in [0.5, 0.6) is 0 Å². The zero-order valence-electron chi connectivity index (χ0n) is 11.6. The maximum absolute atomic E-state index is 13.7. The number of carbonyl (C=O) groups excluding carboxylic acids is 1. The maximum atomic E-state index is 13.7. The van der Waals surface area contributed by atoms with E-state index in [1.54, 1.807) is 12.0 Å². The third kappa shape index (κ3) is 3.07. The number of hydrogen-bond donors (Lipinski definition) is 1. The summed E-state index contributed by atoms with van der Waals surface area (Å²) in [4.78, 5) is 14.0. The first-order valence-electron chi connectivity index (χ1n) is 6.55. The van der Waals surface area contributed by atoms with Crippen LogP contribution in [-0.2, 0) is 4.74 Å². The molecule has 1 amide bonds. The number of nitrogens with one attached hydrogen (secondary N) is 1. The molecular formula is C14H18F2N2O2. The van der Waals surface area contributed by atoms with Crippen molar-refractivity contribution in [3.8, 4) is 0 Å². The fourth-order valence-corrected chi connectivity index (χ4v) is 2.13. The van der Waals surface area contributed by atoms with Gasteiger partial charge in [-0.3, -0.25) is 4.79 Å². The van der Waals surface area contributed by atoms with E-state index in [4.69, 9.17) is 4.74 Å². The number of methoxy groups -OCH3 is 1. The molecule has 1 saturated carbocycles. The number of amides is 1. The number of ether oxygens (including phenoxy) is 1. The quantitative estimate of drug-likeness (QED) is 0.871. The predicted molar refractivity (Wildman–Crippen MR) is 71.8 cm³/mol. The molecule has 1 fully saturated rings. The van der Waals surface area contributed by atoms with E-state index in [1.165, 1.54) is 7.05 Å². The van der Waals surface area contributed by atoms with Gasteiger partial charge in [0.2, 0.25) is 0 Å². The Morgan fingerprint density at radius 3 is 2.45 bits per heavy atom. The number of carbonyl (C=O) groups is 1. The molecule has 1 aromatic carbocycles. The summed E-state index contributed by atoms with van der Waals surface area (Å²) in [7, 11) is 2.98. The highest BCUT2D eigenvalue weighted by Gasteiger charge is 2.33. The van der Waals surface area contributed by atoms with Gasteiger partial charge in [0.15, 0.2) is 0 Å². The van der Waals surface area contributed by atoms with Crippen molar-refractivity contribution in [1.82, 2.24) is 4.90 Å². The summed E-state index contributed by atoms with van der Waals surface area (Å²) in [6.45, 7) is 0.832. The molecule has 1 aromatic rings. The normalized spacial score (nSPS) is 14.2. The van der Waals surface area contributed by atoms with Gasteiger partial charge >= 0.3 is 0 Å². The third-order valence-electron chi connectivity index (χ3n) is 3.32. The van der Waals surface area contributed by atoms with Crippen LogP contribution in [0.1, 0.15) is 23.2 Å². The molecule has 0 aliphatic heterocycles. The van der Waals surface area contributed by atoms with Crippen LogP contribution in [0.25, 0.3) is 0 Å². The van der Waals surface area contributed by atoms with Crippen molar-refractivity contribution < 1.29 is 18.3 Å². The molecule has 0 bridgehead atoms. The van der Waals surface area contributed by atoms with Gasteiger partial charge in [0.05, 0.1) is 6.61 Å². The monoisotopic (exact) mass is 284 g/mol. The van der Waals surface area contributed by atoms with Crippen LogP contribution in [0.4, 0.5) is 14.5 Å². The Morgan fingerprint density at radius 1 is 1.40 bits per heavy atom. The SMILES string of the molecule is CNc1c(F)cc(C(=O)N(CCOC)C2CC2)cc1F. The van der Waals surface area contributed by atoms with Crippen molar-refractivity contribution in [2.24, 2.45) is 0 Å². The molecule has 0 saturated heterocycles. The zero-order valence-corrected chi connectivity index (χ0v) is 11.6. The summed E-state index contributed by atoms with van der Waals surface area (Å²) in [5.74, 6) is -1.89. The molecular weight excluding hydrogens is 266 g/mol. The molecule has 0 atom stereocenters. The van der Waals surface area contributed by atoms with Gasteiger partial charge < -0.3 is 15.0 Å². The molecule has 1 aliphatic carbocycles. The lowest BCUT2D eigenvalue weighted by atomic mass is 10.1.